The predicted molar refractivity (Wildman–Crippen MR) is 116 cm³/mol. The van der Waals surface area contributed by atoms with E-state index in [1.54, 1.807) is 0 Å². The minimum Gasteiger partial charge on any atom is -0.323 e. The summed E-state index contributed by atoms with van der Waals surface area (Å²) in [5, 5.41) is 10.5. The Morgan fingerprint density at radius 1 is 0.893 bits per heavy atom. The molecule has 0 spiro atoms. The summed E-state index contributed by atoms with van der Waals surface area (Å²) >= 11 is 4.74. The van der Waals surface area contributed by atoms with Gasteiger partial charge in [0, 0.05) is 17.8 Å². The molecule has 0 amide bonds. The molecule has 28 heavy (non-hydrogen) atoms. The van der Waals surface area contributed by atoms with E-state index in [4.69, 9.17) is 12.6 Å². The molecule has 0 aliphatic carbocycles. The van der Waals surface area contributed by atoms with Crippen molar-refractivity contribution in [3.63, 3.8) is 0 Å². The Kier molecular flexibility index (Phi) is 5.12. The molecule has 0 fully saturated rings. The SMILES string of the molecule is Cc1ccc(C(S)c2nc(C)cc(Nc3cc(-c4ccccc4)[nH]n3)n2)cc1. The van der Waals surface area contributed by atoms with E-state index in [1.165, 1.54) is 5.56 Å². The molecule has 0 saturated heterocycles. The van der Waals surface area contributed by atoms with E-state index in [0.29, 0.717) is 17.5 Å². The number of aromatic nitrogens is 4. The van der Waals surface area contributed by atoms with Crippen LogP contribution >= 0.6 is 12.6 Å². The second kappa shape index (κ2) is 7.86. The van der Waals surface area contributed by atoms with Gasteiger partial charge in [0.25, 0.3) is 0 Å². The van der Waals surface area contributed by atoms with Crippen LogP contribution in [-0.4, -0.2) is 20.2 Å². The summed E-state index contributed by atoms with van der Waals surface area (Å²) < 4.78 is 0. The highest BCUT2D eigenvalue weighted by molar-refractivity contribution is 7.80. The monoisotopic (exact) mass is 387 g/mol. The molecule has 0 bridgehead atoms. The van der Waals surface area contributed by atoms with E-state index in [2.05, 4.69) is 56.7 Å². The number of benzene rings is 2. The van der Waals surface area contributed by atoms with Gasteiger partial charge < -0.3 is 5.32 Å². The highest BCUT2D eigenvalue weighted by atomic mass is 32.1. The fraction of sp³-hybridized carbons (Fsp3) is 0.136. The van der Waals surface area contributed by atoms with Crippen molar-refractivity contribution in [3.8, 4) is 11.3 Å². The molecule has 0 aliphatic heterocycles. The number of hydrogen-bond acceptors (Lipinski definition) is 5. The summed E-state index contributed by atoms with van der Waals surface area (Å²) in [6, 6.07) is 22.2. The molecule has 2 N–H and O–H groups in total. The maximum atomic E-state index is 4.74. The zero-order valence-corrected chi connectivity index (χ0v) is 16.6. The van der Waals surface area contributed by atoms with E-state index >= 15 is 0 Å². The second-order valence-electron chi connectivity index (χ2n) is 6.72. The van der Waals surface area contributed by atoms with Crippen LogP contribution < -0.4 is 5.32 Å². The summed E-state index contributed by atoms with van der Waals surface area (Å²) in [4.78, 5) is 9.23. The Labute approximate surface area is 169 Å². The Bertz CT molecular complexity index is 1070. The molecule has 6 heteroatoms. The molecule has 140 valence electrons. The number of nitrogens with zero attached hydrogens (tertiary/aromatic N) is 3. The van der Waals surface area contributed by atoms with Gasteiger partial charge in [-0.05, 0) is 25.0 Å². The number of anilines is 2. The molecule has 2 aromatic carbocycles. The number of thiol groups is 1. The van der Waals surface area contributed by atoms with Crippen molar-refractivity contribution in [2.75, 3.05) is 5.32 Å². The van der Waals surface area contributed by atoms with Crippen LogP contribution in [0, 0.1) is 13.8 Å². The molecule has 4 rings (SSSR count). The molecule has 0 saturated carbocycles. The quantitative estimate of drug-likeness (QED) is 0.409. The van der Waals surface area contributed by atoms with Crippen molar-refractivity contribution in [2.24, 2.45) is 0 Å². The first-order valence-electron chi connectivity index (χ1n) is 9.06. The standard InChI is InChI=1S/C22H21N5S/c1-14-8-10-17(11-9-14)21(28)22-23-15(2)12-19(25-22)24-20-13-18(26-27-20)16-6-4-3-5-7-16/h3-13,21,28H,1-2H3,(H2,23,24,25,26,27). The van der Waals surface area contributed by atoms with Crippen LogP contribution in [0.3, 0.4) is 0 Å². The van der Waals surface area contributed by atoms with Gasteiger partial charge in [-0.25, -0.2) is 9.97 Å². The van der Waals surface area contributed by atoms with Crippen LogP contribution in [0.25, 0.3) is 11.3 Å². The predicted octanol–water partition coefficient (Wildman–Crippen LogP) is 5.25. The van der Waals surface area contributed by atoms with Crippen LogP contribution in [0.4, 0.5) is 11.6 Å². The molecular formula is C22H21N5S. The maximum absolute atomic E-state index is 4.74. The van der Waals surface area contributed by atoms with Crippen molar-refractivity contribution < 1.29 is 0 Å². The van der Waals surface area contributed by atoms with Crippen LogP contribution in [0.15, 0.2) is 66.7 Å². The Morgan fingerprint density at radius 2 is 1.64 bits per heavy atom. The summed E-state index contributed by atoms with van der Waals surface area (Å²) in [5.41, 5.74) is 5.18. The van der Waals surface area contributed by atoms with Crippen molar-refractivity contribution in [1.29, 1.82) is 0 Å². The van der Waals surface area contributed by atoms with Crippen LogP contribution in [0.2, 0.25) is 0 Å². The lowest BCUT2D eigenvalue weighted by Crippen LogP contribution is -2.05. The fourth-order valence-corrected chi connectivity index (χ4v) is 3.25. The van der Waals surface area contributed by atoms with Crippen molar-refractivity contribution >= 4 is 24.3 Å². The van der Waals surface area contributed by atoms with Crippen LogP contribution in [0.5, 0.6) is 0 Å². The maximum Gasteiger partial charge on any atom is 0.153 e. The molecule has 2 heterocycles. The zero-order chi connectivity index (χ0) is 19.5. The number of rotatable bonds is 5. The first-order valence-corrected chi connectivity index (χ1v) is 9.58. The van der Waals surface area contributed by atoms with E-state index in [9.17, 15) is 0 Å². The minimum absolute atomic E-state index is 0.194. The van der Waals surface area contributed by atoms with Gasteiger partial charge in [-0.1, -0.05) is 60.2 Å². The Balaban J connectivity index is 1.57. The molecule has 4 aromatic rings. The van der Waals surface area contributed by atoms with Crippen molar-refractivity contribution in [1.82, 2.24) is 20.2 Å². The minimum atomic E-state index is -0.194. The van der Waals surface area contributed by atoms with Gasteiger partial charge in [-0.2, -0.15) is 17.7 Å². The smallest absolute Gasteiger partial charge is 0.153 e. The first-order chi connectivity index (χ1) is 13.6. The van der Waals surface area contributed by atoms with E-state index < -0.39 is 0 Å². The average Bonchev–Trinajstić information content (AvgIpc) is 3.17. The van der Waals surface area contributed by atoms with Gasteiger partial charge in [-0.15, -0.1) is 0 Å². The number of nitrogens with one attached hydrogen (secondary N) is 2. The molecular weight excluding hydrogens is 366 g/mol. The largest absolute Gasteiger partial charge is 0.323 e. The molecule has 5 nitrogen and oxygen atoms in total. The molecule has 2 aromatic heterocycles. The van der Waals surface area contributed by atoms with Crippen LogP contribution in [-0.2, 0) is 0 Å². The normalized spacial score (nSPS) is 12.0. The third kappa shape index (κ3) is 4.07. The molecule has 1 unspecified atom stereocenters. The van der Waals surface area contributed by atoms with Gasteiger partial charge in [0.15, 0.2) is 5.82 Å². The van der Waals surface area contributed by atoms with Crippen molar-refractivity contribution in [3.05, 3.63) is 89.4 Å². The Hall–Kier alpha value is -3.12. The summed E-state index contributed by atoms with van der Waals surface area (Å²) in [7, 11) is 0. The highest BCUT2D eigenvalue weighted by Gasteiger charge is 2.15. The number of hydrogen-bond donors (Lipinski definition) is 3. The molecule has 1 atom stereocenters. The van der Waals surface area contributed by atoms with Crippen molar-refractivity contribution in [2.45, 2.75) is 19.1 Å². The number of aryl methyl sites for hydroxylation is 2. The lowest BCUT2D eigenvalue weighted by atomic mass is 10.1. The summed E-state index contributed by atoms with van der Waals surface area (Å²) in [6.45, 7) is 4.02. The Morgan fingerprint density at radius 3 is 2.39 bits per heavy atom. The lowest BCUT2D eigenvalue weighted by molar-refractivity contribution is 0.933. The van der Waals surface area contributed by atoms with Gasteiger partial charge in [0.1, 0.15) is 11.6 Å². The average molecular weight is 388 g/mol. The zero-order valence-electron chi connectivity index (χ0n) is 15.7. The molecule has 0 aliphatic rings. The summed E-state index contributed by atoms with van der Waals surface area (Å²) in [5.74, 6) is 2.06. The van der Waals surface area contributed by atoms with E-state index in [0.717, 1.165) is 22.5 Å². The first kappa shape index (κ1) is 18.3. The topological polar surface area (TPSA) is 66.5 Å². The van der Waals surface area contributed by atoms with E-state index in [1.807, 2.05) is 49.4 Å². The highest BCUT2D eigenvalue weighted by Crippen LogP contribution is 2.28. The van der Waals surface area contributed by atoms with Gasteiger partial charge in [-0.3, -0.25) is 5.10 Å². The van der Waals surface area contributed by atoms with Gasteiger partial charge in [0.2, 0.25) is 0 Å². The van der Waals surface area contributed by atoms with Gasteiger partial charge in [0.05, 0.1) is 10.9 Å². The third-order valence-electron chi connectivity index (χ3n) is 4.43. The van der Waals surface area contributed by atoms with E-state index in [-0.39, 0.29) is 5.25 Å². The third-order valence-corrected chi connectivity index (χ3v) is 4.96. The van der Waals surface area contributed by atoms with Crippen LogP contribution in [0.1, 0.15) is 27.9 Å². The fourth-order valence-electron chi connectivity index (χ4n) is 2.96. The second-order valence-corrected chi connectivity index (χ2v) is 7.24. The number of aromatic amines is 1. The van der Waals surface area contributed by atoms with Gasteiger partial charge >= 0.3 is 0 Å². The lowest BCUT2D eigenvalue weighted by Gasteiger charge is -2.13. The summed E-state index contributed by atoms with van der Waals surface area (Å²) in [6.07, 6.45) is 0. The number of H-pyrrole nitrogens is 1. The molecule has 0 radical (unpaired) electrons.